The topological polar surface area (TPSA) is 111 Å². The van der Waals surface area contributed by atoms with Crippen LogP contribution >= 0.6 is 11.6 Å². The van der Waals surface area contributed by atoms with Gasteiger partial charge in [0, 0.05) is 12.1 Å². The second-order valence-electron chi connectivity index (χ2n) is 8.11. The maximum absolute atomic E-state index is 12.9. The summed E-state index contributed by atoms with van der Waals surface area (Å²) in [7, 11) is 1.45. The number of nitrogens with zero attached hydrogens (tertiary/aromatic N) is 2. The van der Waals surface area contributed by atoms with Crippen molar-refractivity contribution in [1.29, 1.82) is 0 Å². The number of nitro benzene ring substituents is 1. The van der Waals surface area contributed by atoms with E-state index in [1.807, 2.05) is 31.2 Å². The Labute approximate surface area is 212 Å². The van der Waals surface area contributed by atoms with Gasteiger partial charge in [-0.3, -0.25) is 19.8 Å². The van der Waals surface area contributed by atoms with Crippen LogP contribution in [0.1, 0.15) is 22.3 Å². The van der Waals surface area contributed by atoms with Crippen molar-refractivity contribution in [1.82, 2.24) is 10.2 Å². The second-order valence-corrected chi connectivity index (χ2v) is 8.52. The number of non-ortho nitro benzene ring substituents is 1. The number of halogens is 1. The zero-order valence-electron chi connectivity index (χ0n) is 19.5. The first kappa shape index (κ1) is 24.7. The highest BCUT2D eigenvalue weighted by atomic mass is 35.5. The average Bonchev–Trinajstić information content (AvgIpc) is 3.11. The van der Waals surface area contributed by atoms with Crippen LogP contribution in [0.4, 0.5) is 10.5 Å². The normalized spacial score (nSPS) is 14.2. The van der Waals surface area contributed by atoms with Crippen molar-refractivity contribution in [2.24, 2.45) is 0 Å². The molecule has 3 amide bonds. The number of benzene rings is 3. The molecule has 36 heavy (non-hydrogen) atoms. The number of amides is 3. The largest absolute Gasteiger partial charge is 0.493 e. The Bertz CT molecular complexity index is 1350. The summed E-state index contributed by atoms with van der Waals surface area (Å²) in [6.45, 7) is 2.22. The van der Waals surface area contributed by atoms with Crippen LogP contribution in [0, 0.1) is 17.0 Å². The van der Waals surface area contributed by atoms with E-state index in [9.17, 15) is 19.7 Å². The molecule has 0 atom stereocenters. The molecule has 1 fully saturated rings. The van der Waals surface area contributed by atoms with Gasteiger partial charge in [-0.1, -0.05) is 41.4 Å². The highest BCUT2D eigenvalue weighted by molar-refractivity contribution is 6.32. The molecule has 0 aliphatic carbocycles. The Morgan fingerprint density at radius 1 is 1.06 bits per heavy atom. The quantitative estimate of drug-likeness (QED) is 0.193. The van der Waals surface area contributed by atoms with Gasteiger partial charge in [0.05, 0.1) is 23.6 Å². The molecule has 3 aromatic carbocycles. The molecular weight excluding hydrogens is 486 g/mol. The van der Waals surface area contributed by atoms with Gasteiger partial charge in [-0.15, -0.1) is 0 Å². The van der Waals surface area contributed by atoms with Crippen LogP contribution in [0.3, 0.4) is 0 Å². The van der Waals surface area contributed by atoms with E-state index < -0.39 is 16.9 Å². The number of aryl methyl sites for hydroxylation is 1. The lowest BCUT2D eigenvalue weighted by atomic mass is 10.1. The van der Waals surface area contributed by atoms with Crippen molar-refractivity contribution in [3.05, 3.63) is 104 Å². The van der Waals surface area contributed by atoms with Gasteiger partial charge in [0.2, 0.25) is 0 Å². The third-order valence-corrected chi connectivity index (χ3v) is 5.80. The Morgan fingerprint density at radius 2 is 1.72 bits per heavy atom. The third-order valence-electron chi connectivity index (χ3n) is 5.52. The van der Waals surface area contributed by atoms with E-state index in [4.69, 9.17) is 21.1 Å². The molecule has 0 aromatic heterocycles. The fraction of sp³-hybridized carbons (Fsp3) is 0.154. The first-order valence-corrected chi connectivity index (χ1v) is 11.3. The van der Waals surface area contributed by atoms with E-state index in [1.54, 1.807) is 24.3 Å². The minimum atomic E-state index is -0.507. The lowest BCUT2D eigenvalue weighted by molar-refractivity contribution is -0.384. The van der Waals surface area contributed by atoms with Crippen molar-refractivity contribution in [3.8, 4) is 11.5 Å². The fourth-order valence-corrected chi connectivity index (χ4v) is 3.86. The van der Waals surface area contributed by atoms with E-state index in [0.717, 1.165) is 16.0 Å². The number of nitro groups is 1. The highest BCUT2D eigenvalue weighted by Crippen LogP contribution is 2.37. The smallest absolute Gasteiger partial charge is 0.329 e. The van der Waals surface area contributed by atoms with Gasteiger partial charge in [0.25, 0.3) is 11.6 Å². The molecule has 1 heterocycles. The summed E-state index contributed by atoms with van der Waals surface area (Å²) in [6.07, 6.45) is 1.52. The van der Waals surface area contributed by atoms with E-state index in [1.165, 1.54) is 25.3 Å². The fourth-order valence-electron chi connectivity index (χ4n) is 3.59. The molecule has 1 aliphatic heterocycles. The Kier molecular flexibility index (Phi) is 7.21. The maximum atomic E-state index is 12.9. The summed E-state index contributed by atoms with van der Waals surface area (Å²) in [6, 6.07) is 16.3. The van der Waals surface area contributed by atoms with E-state index in [2.05, 4.69) is 5.32 Å². The highest BCUT2D eigenvalue weighted by Gasteiger charge is 2.33. The number of hydrogen-bond donors (Lipinski definition) is 1. The van der Waals surface area contributed by atoms with Gasteiger partial charge in [-0.25, -0.2) is 4.79 Å². The first-order valence-electron chi connectivity index (χ1n) is 10.9. The van der Waals surface area contributed by atoms with Gasteiger partial charge >= 0.3 is 6.03 Å². The number of carbonyl (C=O) groups is 2. The Hall–Kier alpha value is -4.37. The summed E-state index contributed by atoms with van der Waals surface area (Å²) in [5.41, 5.74) is 3.26. The Morgan fingerprint density at radius 3 is 2.36 bits per heavy atom. The zero-order valence-corrected chi connectivity index (χ0v) is 20.2. The number of ether oxygens (including phenoxy) is 2. The monoisotopic (exact) mass is 507 g/mol. The number of imide groups is 1. The number of hydrogen-bond acceptors (Lipinski definition) is 6. The minimum Gasteiger partial charge on any atom is -0.493 e. The van der Waals surface area contributed by atoms with Crippen molar-refractivity contribution in [2.45, 2.75) is 20.1 Å². The second kappa shape index (κ2) is 10.5. The van der Waals surface area contributed by atoms with Crippen molar-refractivity contribution in [2.75, 3.05) is 7.11 Å². The summed E-state index contributed by atoms with van der Waals surface area (Å²) in [5, 5.41) is 13.6. The summed E-state index contributed by atoms with van der Waals surface area (Å²) in [4.78, 5) is 36.8. The van der Waals surface area contributed by atoms with Crippen LogP contribution in [-0.2, 0) is 17.9 Å². The zero-order chi connectivity index (χ0) is 25.8. The molecule has 3 aromatic rings. The SMILES string of the molecule is COc1cc(/C=C2/NC(=O)N(Cc3ccc(C)cc3)C2=O)cc(Cl)c1OCc1ccc([N+](=O)[O-])cc1. The number of carbonyl (C=O) groups excluding carboxylic acids is 2. The van der Waals surface area contributed by atoms with Gasteiger partial charge < -0.3 is 14.8 Å². The lowest BCUT2D eigenvalue weighted by Gasteiger charge is -2.14. The summed E-state index contributed by atoms with van der Waals surface area (Å²) in [5.74, 6) is 0.154. The number of methoxy groups -OCH3 is 1. The van der Waals surface area contributed by atoms with Gasteiger partial charge in [-0.05, 0) is 54.0 Å². The molecule has 0 saturated carbocycles. The maximum Gasteiger partial charge on any atom is 0.329 e. The van der Waals surface area contributed by atoms with Crippen molar-refractivity contribution in [3.63, 3.8) is 0 Å². The molecule has 0 unspecified atom stereocenters. The molecule has 1 saturated heterocycles. The lowest BCUT2D eigenvalue weighted by Crippen LogP contribution is -2.30. The van der Waals surface area contributed by atoms with Crippen LogP contribution in [-0.4, -0.2) is 28.9 Å². The van der Waals surface area contributed by atoms with Gasteiger partial charge in [0.15, 0.2) is 11.5 Å². The molecule has 184 valence electrons. The molecule has 0 radical (unpaired) electrons. The average molecular weight is 508 g/mol. The predicted octanol–water partition coefficient (Wildman–Crippen LogP) is 5.24. The van der Waals surface area contributed by atoms with Crippen LogP contribution in [0.25, 0.3) is 6.08 Å². The van der Waals surface area contributed by atoms with Crippen LogP contribution in [0.15, 0.2) is 66.4 Å². The number of nitrogens with one attached hydrogen (secondary N) is 1. The van der Waals surface area contributed by atoms with Gasteiger partial charge in [0.1, 0.15) is 12.3 Å². The van der Waals surface area contributed by atoms with E-state index in [0.29, 0.717) is 16.9 Å². The summed E-state index contributed by atoms with van der Waals surface area (Å²) >= 11 is 6.44. The molecule has 1 N–H and O–H groups in total. The van der Waals surface area contributed by atoms with Crippen LogP contribution < -0.4 is 14.8 Å². The van der Waals surface area contributed by atoms with E-state index in [-0.39, 0.29) is 35.3 Å². The molecule has 0 bridgehead atoms. The molecular formula is C26H22ClN3O6. The standard InChI is InChI=1S/C26H22ClN3O6/c1-16-3-5-17(6-4-16)14-29-25(31)22(28-26(29)32)12-19-11-21(27)24(23(13-19)35-2)36-15-18-7-9-20(10-8-18)30(33)34/h3-13H,14-15H2,1-2H3,(H,28,32)/b22-12+. The van der Waals surface area contributed by atoms with Gasteiger partial charge in [-0.2, -0.15) is 0 Å². The molecule has 10 heteroatoms. The number of urea groups is 1. The summed E-state index contributed by atoms with van der Waals surface area (Å²) < 4.78 is 11.2. The predicted molar refractivity (Wildman–Crippen MR) is 134 cm³/mol. The van der Waals surface area contributed by atoms with Crippen LogP contribution in [0.5, 0.6) is 11.5 Å². The van der Waals surface area contributed by atoms with Crippen molar-refractivity contribution >= 4 is 35.3 Å². The Balaban J connectivity index is 1.50. The number of rotatable bonds is 8. The first-order chi connectivity index (χ1) is 17.2. The molecule has 9 nitrogen and oxygen atoms in total. The van der Waals surface area contributed by atoms with E-state index >= 15 is 0 Å². The van der Waals surface area contributed by atoms with Crippen molar-refractivity contribution < 1.29 is 24.0 Å². The third kappa shape index (κ3) is 5.47. The minimum absolute atomic E-state index is 0.0160. The molecule has 1 aliphatic rings. The molecule has 4 rings (SSSR count). The van der Waals surface area contributed by atoms with Crippen LogP contribution in [0.2, 0.25) is 5.02 Å². The molecule has 0 spiro atoms.